The number of benzene rings is 1. The number of carboxylic acid groups (broad SMARTS) is 1. The first-order valence-electron chi connectivity index (χ1n) is 5.86. The number of hydrogen-bond donors (Lipinski definition) is 2. The van der Waals surface area contributed by atoms with Gasteiger partial charge in [0.1, 0.15) is 5.56 Å². The summed E-state index contributed by atoms with van der Waals surface area (Å²) < 4.78 is 1.81. The van der Waals surface area contributed by atoms with Gasteiger partial charge in [-0.05, 0) is 25.0 Å². The third-order valence-corrected chi connectivity index (χ3v) is 3.65. The summed E-state index contributed by atoms with van der Waals surface area (Å²) in [6.45, 7) is 0. The van der Waals surface area contributed by atoms with E-state index in [-0.39, 0.29) is 17.3 Å². The standard InChI is InChI=1S/C13H11ClN2O3/c14-9-4-11-7(3-10(9)15)12(17)8(13(18)19)5-16(11)6-1-2-6/h3-6H,1-2,15H2,(H,18,19). The van der Waals surface area contributed by atoms with Crippen LogP contribution in [-0.2, 0) is 0 Å². The van der Waals surface area contributed by atoms with Gasteiger partial charge >= 0.3 is 5.97 Å². The molecule has 3 N–H and O–H groups in total. The van der Waals surface area contributed by atoms with Crippen LogP contribution >= 0.6 is 11.6 Å². The number of hydrogen-bond acceptors (Lipinski definition) is 3. The Morgan fingerprint density at radius 3 is 2.68 bits per heavy atom. The highest BCUT2D eigenvalue weighted by atomic mass is 35.5. The maximum Gasteiger partial charge on any atom is 0.341 e. The number of nitrogens with zero attached hydrogens (tertiary/aromatic N) is 1. The van der Waals surface area contributed by atoms with Crippen molar-refractivity contribution in [1.29, 1.82) is 0 Å². The normalized spacial score (nSPS) is 14.8. The number of aromatic carboxylic acids is 1. The Hall–Kier alpha value is -2.01. The van der Waals surface area contributed by atoms with Gasteiger partial charge in [0.05, 0.1) is 16.2 Å². The quantitative estimate of drug-likeness (QED) is 0.825. The average molecular weight is 279 g/mol. The van der Waals surface area contributed by atoms with Crippen molar-refractivity contribution in [3.05, 3.63) is 39.1 Å². The van der Waals surface area contributed by atoms with E-state index in [0.717, 1.165) is 12.8 Å². The summed E-state index contributed by atoms with van der Waals surface area (Å²) in [6, 6.07) is 3.31. The fourth-order valence-corrected chi connectivity index (χ4v) is 2.35. The lowest BCUT2D eigenvalue weighted by Gasteiger charge is -2.12. The van der Waals surface area contributed by atoms with Gasteiger partial charge in [0.2, 0.25) is 5.43 Å². The molecule has 1 aromatic carbocycles. The summed E-state index contributed by atoms with van der Waals surface area (Å²) >= 11 is 5.98. The number of carboxylic acids is 1. The van der Waals surface area contributed by atoms with E-state index in [2.05, 4.69) is 0 Å². The van der Waals surface area contributed by atoms with Crippen LogP contribution in [0.2, 0.25) is 5.02 Å². The molecule has 1 heterocycles. The molecule has 0 radical (unpaired) electrons. The minimum atomic E-state index is -1.23. The van der Waals surface area contributed by atoms with Gasteiger partial charge in [0.25, 0.3) is 0 Å². The van der Waals surface area contributed by atoms with Crippen molar-refractivity contribution in [1.82, 2.24) is 4.57 Å². The second kappa shape index (κ2) is 3.99. The molecule has 0 bridgehead atoms. The molecule has 0 spiro atoms. The van der Waals surface area contributed by atoms with E-state index in [4.69, 9.17) is 22.4 Å². The molecule has 0 amide bonds. The molecule has 3 rings (SSSR count). The molecule has 0 saturated heterocycles. The van der Waals surface area contributed by atoms with Crippen molar-refractivity contribution in [2.75, 3.05) is 5.73 Å². The number of carbonyl (C=O) groups is 1. The number of nitrogen functional groups attached to an aromatic ring is 1. The molecule has 2 aromatic rings. The van der Waals surface area contributed by atoms with E-state index in [1.165, 1.54) is 12.3 Å². The van der Waals surface area contributed by atoms with Crippen LogP contribution in [0.15, 0.2) is 23.1 Å². The lowest BCUT2D eigenvalue weighted by Crippen LogP contribution is -2.18. The Kier molecular flexibility index (Phi) is 2.53. The summed E-state index contributed by atoms with van der Waals surface area (Å²) in [5.41, 5.74) is 5.85. The summed E-state index contributed by atoms with van der Waals surface area (Å²) in [6.07, 6.45) is 3.34. The number of nitrogens with two attached hydrogens (primary N) is 1. The molecule has 0 atom stereocenters. The van der Waals surface area contributed by atoms with Crippen LogP contribution in [-0.4, -0.2) is 15.6 Å². The molecule has 0 aliphatic heterocycles. The van der Waals surface area contributed by atoms with E-state index in [0.29, 0.717) is 15.9 Å². The Morgan fingerprint density at radius 1 is 1.42 bits per heavy atom. The Morgan fingerprint density at radius 2 is 2.11 bits per heavy atom. The monoisotopic (exact) mass is 278 g/mol. The lowest BCUT2D eigenvalue weighted by molar-refractivity contribution is 0.0695. The molecule has 1 saturated carbocycles. The summed E-state index contributed by atoms with van der Waals surface area (Å²) in [5, 5.41) is 9.77. The molecule has 1 aliphatic rings. The Balaban J connectivity index is 2.45. The van der Waals surface area contributed by atoms with Gasteiger partial charge < -0.3 is 15.4 Å². The van der Waals surface area contributed by atoms with Gasteiger partial charge in [-0.1, -0.05) is 11.6 Å². The first-order valence-corrected chi connectivity index (χ1v) is 6.24. The molecule has 19 heavy (non-hydrogen) atoms. The van der Waals surface area contributed by atoms with Crippen LogP contribution in [0.25, 0.3) is 10.9 Å². The maximum absolute atomic E-state index is 12.1. The maximum atomic E-state index is 12.1. The van der Waals surface area contributed by atoms with E-state index >= 15 is 0 Å². The van der Waals surface area contributed by atoms with Gasteiger partial charge in [-0.2, -0.15) is 0 Å². The summed E-state index contributed by atoms with van der Waals surface area (Å²) in [7, 11) is 0. The van der Waals surface area contributed by atoms with Crippen molar-refractivity contribution in [2.45, 2.75) is 18.9 Å². The van der Waals surface area contributed by atoms with Crippen LogP contribution in [0, 0.1) is 0 Å². The minimum Gasteiger partial charge on any atom is -0.477 e. The second-order valence-electron chi connectivity index (χ2n) is 4.71. The van der Waals surface area contributed by atoms with Gasteiger partial charge in [-0.3, -0.25) is 4.79 Å². The number of rotatable bonds is 2. The van der Waals surface area contributed by atoms with Crippen LogP contribution in [0.5, 0.6) is 0 Å². The van der Waals surface area contributed by atoms with Crippen molar-refractivity contribution in [3.8, 4) is 0 Å². The van der Waals surface area contributed by atoms with Crippen molar-refractivity contribution in [3.63, 3.8) is 0 Å². The molecule has 98 valence electrons. The van der Waals surface area contributed by atoms with E-state index in [1.807, 2.05) is 4.57 Å². The average Bonchev–Trinajstić information content (AvgIpc) is 3.16. The smallest absolute Gasteiger partial charge is 0.341 e. The number of pyridine rings is 1. The van der Waals surface area contributed by atoms with Gasteiger partial charge in [-0.25, -0.2) is 4.79 Å². The SMILES string of the molecule is Nc1cc2c(=O)c(C(=O)O)cn(C3CC3)c2cc1Cl. The number of anilines is 1. The van der Waals surface area contributed by atoms with Gasteiger partial charge in [-0.15, -0.1) is 0 Å². The molecule has 1 aliphatic carbocycles. The number of aromatic nitrogens is 1. The van der Waals surface area contributed by atoms with Crippen LogP contribution in [0.3, 0.4) is 0 Å². The first kappa shape index (κ1) is 12.0. The summed E-state index contributed by atoms with van der Waals surface area (Å²) in [5.74, 6) is -1.23. The molecular formula is C13H11ClN2O3. The minimum absolute atomic E-state index is 0.235. The number of halogens is 1. The first-order chi connectivity index (χ1) is 8.99. The van der Waals surface area contributed by atoms with Crippen LogP contribution in [0.1, 0.15) is 29.2 Å². The Bertz CT molecular complexity index is 763. The molecule has 0 unspecified atom stereocenters. The third kappa shape index (κ3) is 1.86. The molecule has 5 nitrogen and oxygen atoms in total. The van der Waals surface area contributed by atoms with Gasteiger partial charge in [0, 0.05) is 17.6 Å². The zero-order chi connectivity index (χ0) is 13.7. The molecule has 1 fully saturated rings. The Labute approximate surface area is 113 Å². The van der Waals surface area contributed by atoms with Crippen LogP contribution in [0.4, 0.5) is 5.69 Å². The van der Waals surface area contributed by atoms with E-state index < -0.39 is 11.4 Å². The number of fused-ring (bicyclic) bond motifs is 1. The zero-order valence-corrected chi connectivity index (χ0v) is 10.6. The predicted molar refractivity (Wildman–Crippen MR) is 72.9 cm³/mol. The highest BCUT2D eigenvalue weighted by molar-refractivity contribution is 6.33. The fourth-order valence-electron chi connectivity index (χ4n) is 2.19. The van der Waals surface area contributed by atoms with Crippen molar-refractivity contribution >= 4 is 34.2 Å². The van der Waals surface area contributed by atoms with E-state index in [9.17, 15) is 9.59 Å². The molecule has 6 heteroatoms. The fraction of sp³-hybridized carbons (Fsp3) is 0.231. The lowest BCUT2D eigenvalue weighted by atomic mass is 10.1. The van der Waals surface area contributed by atoms with Crippen molar-refractivity contribution in [2.24, 2.45) is 0 Å². The molecule has 1 aromatic heterocycles. The predicted octanol–water partition coefficient (Wildman–Crippen LogP) is 2.27. The van der Waals surface area contributed by atoms with Gasteiger partial charge in [0.15, 0.2) is 0 Å². The summed E-state index contributed by atoms with van der Waals surface area (Å²) in [4.78, 5) is 23.3. The third-order valence-electron chi connectivity index (χ3n) is 3.32. The second-order valence-corrected chi connectivity index (χ2v) is 5.11. The van der Waals surface area contributed by atoms with E-state index in [1.54, 1.807) is 6.07 Å². The highest BCUT2D eigenvalue weighted by Gasteiger charge is 2.27. The topological polar surface area (TPSA) is 85.3 Å². The molecular weight excluding hydrogens is 268 g/mol. The zero-order valence-electron chi connectivity index (χ0n) is 9.89. The highest BCUT2D eigenvalue weighted by Crippen LogP contribution is 2.38. The van der Waals surface area contributed by atoms with Crippen molar-refractivity contribution < 1.29 is 9.90 Å². The largest absolute Gasteiger partial charge is 0.477 e. The van der Waals surface area contributed by atoms with Crippen LogP contribution < -0.4 is 11.2 Å².